The van der Waals surface area contributed by atoms with Crippen LogP contribution >= 0.6 is 23.2 Å². The van der Waals surface area contributed by atoms with Crippen LogP contribution in [0.25, 0.3) is 5.69 Å². The molecule has 0 fully saturated rings. The highest BCUT2D eigenvalue weighted by molar-refractivity contribution is 6.38. The molecule has 0 saturated heterocycles. The number of rotatable bonds is 3. The van der Waals surface area contributed by atoms with Gasteiger partial charge >= 0.3 is 12.4 Å². The van der Waals surface area contributed by atoms with Crippen LogP contribution in [0, 0.1) is 11.3 Å². The highest BCUT2D eigenvalue weighted by atomic mass is 35.5. The third kappa shape index (κ3) is 4.34. The molecule has 2 rings (SSSR count). The van der Waals surface area contributed by atoms with Gasteiger partial charge in [-0.1, -0.05) is 23.2 Å². The predicted molar refractivity (Wildman–Crippen MR) is 90.1 cm³/mol. The number of hydrogen-bond acceptors (Lipinski definition) is 3. The first kappa shape index (κ1) is 21.8. The second-order valence-corrected chi connectivity index (χ2v) is 6.38. The number of halogens is 8. The SMILES string of the molecule is CN(C)C=Nc1c(C(F)(F)F)c(C#N)nn1-c1c(Cl)cc(C(F)(F)F)cc1Cl. The lowest BCUT2D eigenvalue weighted by Crippen LogP contribution is -2.10. The summed E-state index contributed by atoms with van der Waals surface area (Å²) >= 11 is 11.7. The molecule has 0 bridgehead atoms. The summed E-state index contributed by atoms with van der Waals surface area (Å²) in [5, 5.41) is 11.3. The topological polar surface area (TPSA) is 57.2 Å². The lowest BCUT2D eigenvalue weighted by molar-refractivity contribution is -0.138. The molecule has 0 radical (unpaired) electrons. The smallest absolute Gasteiger partial charge is 0.369 e. The maximum atomic E-state index is 13.5. The molecule has 0 spiro atoms. The number of hydrogen-bond donors (Lipinski definition) is 0. The van der Waals surface area contributed by atoms with Crippen LogP contribution in [-0.4, -0.2) is 35.1 Å². The number of aliphatic imine (C=N–C) groups is 1. The molecule has 0 unspecified atom stereocenters. The quantitative estimate of drug-likeness (QED) is 0.367. The van der Waals surface area contributed by atoms with Gasteiger partial charge in [0.05, 0.1) is 21.9 Å². The number of benzene rings is 1. The van der Waals surface area contributed by atoms with Gasteiger partial charge in [-0.2, -0.15) is 36.7 Å². The standard InChI is InChI=1S/C15H9Cl2F6N5/c1-27(2)6-25-13-11(15(21,22)23)10(5-24)26-28(13)12-8(16)3-7(4-9(12)17)14(18,19)20/h3-4,6H,1-2H3. The summed E-state index contributed by atoms with van der Waals surface area (Å²) in [5.41, 5.74) is -4.19. The fraction of sp³-hybridized carbons (Fsp3) is 0.267. The van der Waals surface area contributed by atoms with Crippen LogP contribution < -0.4 is 0 Å². The number of nitrogens with zero attached hydrogens (tertiary/aromatic N) is 5. The van der Waals surface area contributed by atoms with Crippen molar-refractivity contribution in [2.45, 2.75) is 12.4 Å². The maximum absolute atomic E-state index is 13.5. The summed E-state index contributed by atoms with van der Waals surface area (Å²) < 4.78 is 79.6. The van der Waals surface area contributed by atoms with Crippen molar-refractivity contribution in [2.24, 2.45) is 4.99 Å². The van der Waals surface area contributed by atoms with Crippen molar-refractivity contribution in [3.63, 3.8) is 0 Å². The average molecular weight is 444 g/mol. The first-order valence-corrected chi connectivity index (χ1v) is 7.90. The molecule has 0 aliphatic rings. The second-order valence-electron chi connectivity index (χ2n) is 5.56. The summed E-state index contributed by atoms with van der Waals surface area (Å²) in [6, 6.07) is 2.27. The maximum Gasteiger partial charge on any atom is 0.422 e. The Morgan fingerprint density at radius 2 is 1.64 bits per heavy atom. The number of alkyl halides is 6. The molecule has 2 aromatic rings. The molecule has 0 amide bonds. The normalized spacial score (nSPS) is 12.5. The van der Waals surface area contributed by atoms with E-state index in [-0.39, 0.29) is 0 Å². The largest absolute Gasteiger partial charge is 0.422 e. The average Bonchev–Trinajstić information content (AvgIpc) is 2.89. The molecule has 0 N–H and O–H groups in total. The Balaban J connectivity index is 2.87. The zero-order valence-electron chi connectivity index (χ0n) is 14.0. The molecule has 5 nitrogen and oxygen atoms in total. The molecular weight excluding hydrogens is 435 g/mol. The summed E-state index contributed by atoms with van der Waals surface area (Å²) in [4.78, 5) is 4.97. The van der Waals surface area contributed by atoms with Crippen molar-refractivity contribution < 1.29 is 26.3 Å². The minimum Gasteiger partial charge on any atom is -0.369 e. The van der Waals surface area contributed by atoms with Crippen molar-refractivity contribution in [3.8, 4) is 11.8 Å². The van der Waals surface area contributed by atoms with Crippen LogP contribution in [0.5, 0.6) is 0 Å². The molecule has 13 heteroatoms. The van der Waals surface area contributed by atoms with Crippen LogP contribution in [0.4, 0.5) is 32.2 Å². The van der Waals surface area contributed by atoms with E-state index < -0.39 is 50.7 Å². The van der Waals surface area contributed by atoms with Gasteiger partial charge in [-0.25, -0.2) is 9.67 Å². The first-order chi connectivity index (χ1) is 12.8. The van der Waals surface area contributed by atoms with E-state index in [2.05, 4.69) is 10.1 Å². The zero-order valence-corrected chi connectivity index (χ0v) is 15.5. The van der Waals surface area contributed by atoms with E-state index in [4.69, 9.17) is 28.5 Å². The first-order valence-electron chi connectivity index (χ1n) is 7.15. The zero-order chi connectivity index (χ0) is 21.4. The Kier molecular flexibility index (Phi) is 5.87. The molecule has 1 aromatic heterocycles. The van der Waals surface area contributed by atoms with Gasteiger partial charge in [-0.15, -0.1) is 0 Å². The predicted octanol–water partition coefficient (Wildman–Crippen LogP) is 5.31. The number of aromatic nitrogens is 2. The van der Waals surface area contributed by atoms with E-state index in [0.717, 1.165) is 6.34 Å². The Morgan fingerprint density at radius 3 is 2.04 bits per heavy atom. The van der Waals surface area contributed by atoms with Crippen LogP contribution in [0.3, 0.4) is 0 Å². The molecule has 150 valence electrons. The fourth-order valence-corrected chi connectivity index (χ4v) is 2.77. The number of nitriles is 1. The van der Waals surface area contributed by atoms with Crippen LogP contribution in [0.2, 0.25) is 10.0 Å². The molecular formula is C15H9Cl2F6N5. The Morgan fingerprint density at radius 1 is 1.11 bits per heavy atom. The monoisotopic (exact) mass is 443 g/mol. The van der Waals surface area contributed by atoms with Crippen molar-refractivity contribution in [1.82, 2.24) is 14.7 Å². The minimum atomic E-state index is -5.02. The van der Waals surface area contributed by atoms with E-state index in [1.165, 1.54) is 25.1 Å². The Hall–Kier alpha value is -2.45. The van der Waals surface area contributed by atoms with Crippen LogP contribution in [-0.2, 0) is 12.4 Å². The lowest BCUT2D eigenvalue weighted by Gasteiger charge is -2.14. The second kappa shape index (κ2) is 7.52. The van der Waals surface area contributed by atoms with E-state index in [1.54, 1.807) is 0 Å². The van der Waals surface area contributed by atoms with Crippen LogP contribution in [0.15, 0.2) is 17.1 Å². The van der Waals surface area contributed by atoms with E-state index in [0.29, 0.717) is 16.8 Å². The van der Waals surface area contributed by atoms with Gasteiger partial charge in [-0.05, 0) is 12.1 Å². The van der Waals surface area contributed by atoms with Gasteiger partial charge in [0.25, 0.3) is 0 Å². The van der Waals surface area contributed by atoms with Gasteiger partial charge in [0.15, 0.2) is 11.5 Å². The Bertz CT molecular complexity index is 946. The Labute approximate surface area is 164 Å². The molecule has 28 heavy (non-hydrogen) atoms. The lowest BCUT2D eigenvalue weighted by atomic mass is 10.2. The minimum absolute atomic E-state index is 0.478. The molecule has 0 atom stereocenters. The van der Waals surface area contributed by atoms with E-state index in [1.807, 2.05) is 0 Å². The van der Waals surface area contributed by atoms with Gasteiger partial charge in [-0.3, -0.25) is 0 Å². The molecule has 1 aromatic carbocycles. The highest BCUT2D eigenvalue weighted by Crippen LogP contribution is 2.43. The summed E-state index contributed by atoms with van der Waals surface area (Å²) in [6.45, 7) is 0. The highest BCUT2D eigenvalue weighted by Gasteiger charge is 2.41. The van der Waals surface area contributed by atoms with Gasteiger partial charge in [0.2, 0.25) is 0 Å². The van der Waals surface area contributed by atoms with E-state index >= 15 is 0 Å². The van der Waals surface area contributed by atoms with Crippen molar-refractivity contribution in [1.29, 1.82) is 5.26 Å². The molecule has 0 aliphatic heterocycles. The van der Waals surface area contributed by atoms with Crippen LogP contribution in [0.1, 0.15) is 16.8 Å². The third-order valence-electron chi connectivity index (χ3n) is 3.22. The molecule has 1 heterocycles. The summed E-state index contributed by atoms with van der Waals surface area (Å²) in [6.07, 6.45) is -8.81. The van der Waals surface area contributed by atoms with Gasteiger partial charge in [0, 0.05) is 14.1 Å². The van der Waals surface area contributed by atoms with Crippen molar-refractivity contribution in [2.75, 3.05) is 14.1 Å². The summed E-state index contributed by atoms with van der Waals surface area (Å²) in [5.74, 6) is -0.860. The molecule has 0 saturated carbocycles. The summed E-state index contributed by atoms with van der Waals surface area (Å²) in [7, 11) is 2.95. The van der Waals surface area contributed by atoms with Gasteiger partial charge < -0.3 is 4.90 Å². The third-order valence-corrected chi connectivity index (χ3v) is 3.79. The van der Waals surface area contributed by atoms with Crippen molar-refractivity contribution >= 4 is 35.4 Å². The van der Waals surface area contributed by atoms with Crippen molar-refractivity contribution in [3.05, 3.63) is 39.0 Å². The molecule has 0 aliphatic carbocycles. The fourth-order valence-electron chi connectivity index (χ4n) is 2.13. The van der Waals surface area contributed by atoms with E-state index in [9.17, 15) is 26.3 Å². The van der Waals surface area contributed by atoms with Gasteiger partial charge in [0.1, 0.15) is 17.3 Å².